The van der Waals surface area contributed by atoms with E-state index in [-0.39, 0.29) is 41.4 Å². The van der Waals surface area contributed by atoms with Crippen molar-refractivity contribution in [3.63, 3.8) is 0 Å². The second kappa shape index (κ2) is 8.38. The van der Waals surface area contributed by atoms with Gasteiger partial charge in [0.2, 0.25) is 15.8 Å². The first kappa shape index (κ1) is 19.9. The molecule has 0 spiro atoms. The van der Waals surface area contributed by atoms with Crippen LogP contribution in [-0.2, 0) is 21.2 Å². The summed E-state index contributed by atoms with van der Waals surface area (Å²) >= 11 is 0. The molecule has 9 heteroatoms. The molecular formula is C12H21ClN2O5S. The van der Waals surface area contributed by atoms with E-state index in [1.807, 2.05) is 6.92 Å². The lowest BCUT2D eigenvalue weighted by molar-refractivity contribution is 0.0563. The SMILES string of the molecule is CCc1oc(C(=O)OC)cc1S(=O)(=O)NCC(C)NC.Cl. The molecule has 0 aliphatic carbocycles. The molecule has 0 aliphatic rings. The molecule has 0 saturated heterocycles. The van der Waals surface area contributed by atoms with Crippen molar-refractivity contribution in [1.82, 2.24) is 10.0 Å². The van der Waals surface area contributed by atoms with Crippen LogP contribution in [0.4, 0.5) is 0 Å². The van der Waals surface area contributed by atoms with Gasteiger partial charge < -0.3 is 14.5 Å². The van der Waals surface area contributed by atoms with E-state index in [4.69, 9.17) is 4.42 Å². The van der Waals surface area contributed by atoms with Crippen molar-refractivity contribution in [2.75, 3.05) is 20.7 Å². The number of nitrogens with one attached hydrogen (secondary N) is 2. The first-order valence-corrected chi connectivity index (χ1v) is 7.72. The van der Waals surface area contributed by atoms with Crippen molar-refractivity contribution in [3.8, 4) is 0 Å². The standard InChI is InChI=1S/C12H20N2O5S.ClH/c1-5-9-11(6-10(19-9)12(15)18-4)20(16,17)14-7-8(2)13-3;/h6,8,13-14H,5,7H2,1-4H3;1H. The molecule has 1 rings (SSSR count). The summed E-state index contributed by atoms with van der Waals surface area (Å²) in [6, 6.07) is 1.18. The molecule has 122 valence electrons. The molecule has 2 N–H and O–H groups in total. The second-order valence-corrected chi connectivity index (χ2v) is 6.02. The minimum Gasteiger partial charge on any atom is -0.463 e. The minimum atomic E-state index is -3.72. The first-order chi connectivity index (χ1) is 9.35. The van der Waals surface area contributed by atoms with Gasteiger partial charge in [-0.15, -0.1) is 12.4 Å². The molecular weight excluding hydrogens is 320 g/mol. The summed E-state index contributed by atoms with van der Waals surface area (Å²) in [5.41, 5.74) is 0. The van der Waals surface area contributed by atoms with E-state index in [9.17, 15) is 13.2 Å². The molecule has 0 bridgehead atoms. The average molecular weight is 341 g/mol. The van der Waals surface area contributed by atoms with E-state index in [1.165, 1.54) is 13.2 Å². The second-order valence-electron chi connectivity index (χ2n) is 4.28. The van der Waals surface area contributed by atoms with Crippen LogP contribution in [0.3, 0.4) is 0 Å². The highest BCUT2D eigenvalue weighted by atomic mass is 35.5. The molecule has 0 aliphatic heterocycles. The first-order valence-electron chi connectivity index (χ1n) is 6.23. The Balaban J connectivity index is 0.00000400. The number of carbonyl (C=O) groups excluding carboxylic acids is 1. The minimum absolute atomic E-state index is 0. The summed E-state index contributed by atoms with van der Waals surface area (Å²) in [5.74, 6) is -0.592. The Kier molecular flexibility index (Phi) is 7.94. The molecule has 1 atom stereocenters. The molecule has 0 aromatic carbocycles. The Morgan fingerprint density at radius 3 is 2.57 bits per heavy atom. The van der Waals surface area contributed by atoms with Gasteiger partial charge in [-0.1, -0.05) is 6.92 Å². The molecule has 1 heterocycles. The Hall–Kier alpha value is -1.09. The molecule has 21 heavy (non-hydrogen) atoms. The highest BCUT2D eigenvalue weighted by Gasteiger charge is 2.25. The van der Waals surface area contributed by atoms with Gasteiger partial charge >= 0.3 is 5.97 Å². The van der Waals surface area contributed by atoms with Crippen LogP contribution in [0.5, 0.6) is 0 Å². The summed E-state index contributed by atoms with van der Waals surface area (Å²) in [7, 11) is -0.775. The predicted molar refractivity (Wildman–Crippen MR) is 80.4 cm³/mol. The number of rotatable bonds is 7. The number of esters is 1. The Morgan fingerprint density at radius 1 is 1.48 bits per heavy atom. The highest BCUT2D eigenvalue weighted by molar-refractivity contribution is 7.89. The van der Waals surface area contributed by atoms with E-state index >= 15 is 0 Å². The number of hydrogen-bond donors (Lipinski definition) is 2. The van der Waals surface area contributed by atoms with Gasteiger partial charge in [0, 0.05) is 25.1 Å². The summed E-state index contributed by atoms with van der Waals surface area (Å²) < 4.78 is 36.6. The van der Waals surface area contributed by atoms with Crippen molar-refractivity contribution in [3.05, 3.63) is 17.6 Å². The number of hydrogen-bond acceptors (Lipinski definition) is 6. The number of likely N-dealkylation sites (N-methyl/N-ethyl adjacent to an activating group) is 1. The van der Waals surface area contributed by atoms with Gasteiger partial charge in [-0.2, -0.15) is 0 Å². The van der Waals surface area contributed by atoms with Crippen LogP contribution >= 0.6 is 12.4 Å². The lowest BCUT2D eigenvalue weighted by Crippen LogP contribution is -2.37. The zero-order valence-electron chi connectivity index (χ0n) is 12.4. The van der Waals surface area contributed by atoms with Crippen molar-refractivity contribution in [2.45, 2.75) is 31.2 Å². The van der Waals surface area contributed by atoms with Crippen molar-refractivity contribution < 1.29 is 22.4 Å². The van der Waals surface area contributed by atoms with Gasteiger partial charge in [-0.3, -0.25) is 0 Å². The third kappa shape index (κ3) is 4.99. The molecule has 0 amide bonds. The number of methoxy groups -OCH3 is 1. The normalized spacial score (nSPS) is 12.6. The topological polar surface area (TPSA) is 97.6 Å². The molecule has 0 saturated carbocycles. The van der Waals surface area contributed by atoms with Gasteiger partial charge in [0.15, 0.2) is 0 Å². The van der Waals surface area contributed by atoms with Crippen LogP contribution in [0, 0.1) is 0 Å². The number of halogens is 1. The zero-order valence-corrected chi connectivity index (χ0v) is 14.1. The summed E-state index contributed by atoms with van der Waals surface area (Å²) in [5, 5.41) is 2.93. The van der Waals surface area contributed by atoms with Crippen molar-refractivity contribution in [2.24, 2.45) is 0 Å². The third-order valence-electron chi connectivity index (χ3n) is 2.84. The maximum absolute atomic E-state index is 12.2. The lowest BCUT2D eigenvalue weighted by atomic mass is 10.3. The largest absolute Gasteiger partial charge is 0.463 e. The monoisotopic (exact) mass is 340 g/mol. The summed E-state index contributed by atoms with van der Waals surface area (Å²) in [6.07, 6.45) is 0.356. The number of furan rings is 1. The Labute approximate surface area is 130 Å². The van der Waals surface area contributed by atoms with Crippen LogP contribution in [0.1, 0.15) is 30.2 Å². The van der Waals surface area contributed by atoms with Crippen LogP contribution in [-0.4, -0.2) is 41.1 Å². The Bertz CT molecular complexity index is 570. The van der Waals surface area contributed by atoms with E-state index in [1.54, 1.807) is 14.0 Å². The van der Waals surface area contributed by atoms with E-state index in [2.05, 4.69) is 14.8 Å². The van der Waals surface area contributed by atoms with E-state index in [0.29, 0.717) is 6.42 Å². The van der Waals surface area contributed by atoms with Crippen LogP contribution < -0.4 is 10.0 Å². The van der Waals surface area contributed by atoms with Crippen molar-refractivity contribution >= 4 is 28.4 Å². The predicted octanol–water partition coefficient (Wildman–Crippen LogP) is 0.937. The molecule has 1 unspecified atom stereocenters. The average Bonchev–Trinajstić information content (AvgIpc) is 2.89. The fraction of sp³-hybridized carbons (Fsp3) is 0.583. The molecule has 0 radical (unpaired) electrons. The van der Waals surface area contributed by atoms with Crippen molar-refractivity contribution in [1.29, 1.82) is 0 Å². The summed E-state index contributed by atoms with van der Waals surface area (Å²) in [6.45, 7) is 3.83. The molecule has 1 aromatic heterocycles. The lowest BCUT2D eigenvalue weighted by Gasteiger charge is -2.11. The highest BCUT2D eigenvalue weighted by Crippen LogP contribution is 2.22. The maximum atomic E-state index is 12.2. The number of sulfonamides is 1. The fourth-order valence-electron chi connectivity index (χ4n) is 1.50. The van der Waals surface area contributed by atoms with Gasteiger partial charge in [0.1, 0.15) is 10.7 Å². The fourth-order valence-corrected chi connectivity index (χ4v) is 2.87. The molecule has 1 aromatic rings. The zero-order chi connectivity index (χ0) is 15.3. The molecule has 7 nitrogen and oxygen atoms in total. The van der Waals surface area contributed by atoms with Crippen LogP contribution in [0.25, 0.3) is 0 Å². The maximum Gasteiger partial charge on any atom is 0.373 e. The van der Waals surface area contributed by atoms with E-state index in [0.717, 1.165) is 0 Å². The van der Waals surface area contributed by atoms with Gasteiger partial charge in [0.25, 0.3) is 0 Å². The number of carbonyl (C=O) groups is 1. The quantitative estimate of drug-likeness (QED) is 0.717. The Morgan fingerprint density at radius 2 is 2.10 bits per heavy atom. The third-order valence-corrected chi connectivity index (χ3v) is 4.31. The van der Waals surface area contributed by atoms with Gasteiger partial charge in [-0.05, 0) is 14.0 Å². The van der Waals surface area contributed by atoms with Crippen LogP contribution in [0.2, 0.25) is 0 Å². The number of aryl methyl sites for hydroxylation is 1. The van der Waals surface area contributed by atoms with Gasteiger partial charge in [0.05, 0.1) is 7.11 Å². The van der Waals surface area contributed by atoms with Crippen LogP contribution in [0.15, 0.2) is 15.4 Å². The smallest absolute Gasteiger partial charge is 0.373 e. The summed E-state index contributed by atoms with van der Waals surface area (Å²) in [4.78, 5) is 11.4. The van der Waals surface area contributed by atoms with E-state index < -0.39 is 16.0 Å². The number of ether oxygens (including phenoxy) is 1. The molecule has 0 fully saturated rings. The van der Waals surface area contributed by atoms with Gasteiger partial charge in [-0.25, -0.2) is 17.9 Å².